The first kappa shape index (κ1) is 32.0. The van der Waals surface area contributed by atoms with Crippen molar-refractivity contribution >= 4 is 40.6 Å². The number of thioether (sulfide) groups is 1. The zero-order valence-electron chi connectivity index (χ0n) is 26.5. The Balaban J connectivity index is 1.27. The third-order valence-electron chi connectivity index (χ3n) is 7.87. The van der Waals surface area contributed by atoms with Gasteiger partial charge in [0.15, 0.2) is 11.0 Å². The van der Waals surface area contributed by atoms with Crippen LogP contribution in [0.4, 0.5) is 0 Å². The predicted octanol–water partition coefficient (Wildman–Crippen LogP) is 6.36. The number of amides is 2. The van der Waals surface area contributed by atoms with E-state index < -0.39 is 0 Å². The van der Waals surface area contributed by atoms with Crippen LogP contribution in [-0.2, 0) is 11.3 Å². The van der Waals surface area contributed by atoms with Crippen molar-refractivity contribution in [3.63, 3.8) is 0 Å². The molecule has 1 aliphatic heterocycles. The summed E-state index contributed by atoms with van der Waals surface area (Å²) in [6.45, 7) is 4.21. The molecule has 6 rings (SSSR count). The van der Waals surface area contributed by atoms with Gasteiger partial charge >= 0.3 is 0 Å². The van der Waals surface area contributed by atoms with Crippen LogP contribution < -0.4 is 14.8 Å². The number of aromatic nitrogens is 3. The van der Waals surface area contributed by atoms with Crippen LogP contribution in [0.25, 0.3) is 5.69 Å². The highest BCUT2D eigenvalue weighted by Crippen LogP contribution is 2.35. The van der Waals surface area contributed by atoms with Crippen LogP contribution >= 0.6 is 23.1 Å². The molecule has 240 valence electrons. The maximum atomic E-state index is 14.0. The average molecular weight is 667 g/mol. The van der Waals surface area contributed by atoms with E-state index in [0.717, 1.165) is 45.2 Å². The fourth-order valence-corrected chi connectivity index (χ4v) is 6.80. The molecule has 2 aromatic heterocycles. The molecule has 0 saturated carbocycles. The summed E-state index contributed by atoms with van der Waals surface area (Å²) >= 11 is 2.67. The first-order chi connectivity index (χ1) is 22.8. The molecule has 0 aliphatic carbocycles. The molecule has 2 amide bonds. The minimum absolute atomic E-state index is 0.0800. The maximum absolute atomic E-state index is 14.0. The molecule has 10 nitrogen and oxygen atoms in total. The second-order valence-electron chi connectivity index (χ2n) is 11.0. The molecule has 0 unspecified atom stereocenters. The summed E-state index contributed by atoms with van der Waals surface area (Å²) in [4.78, 5) is 27.3. The molecule has 12 heteroatoms. The van der Waals surface area contributed by atoms with E-state index in [2.05, 4.69) is 21.6 Å². The molecule has 1 aliphatic rings. The van der Waals surface area contributed by atoms with Gasteiger partial charge in [-0.3, -0.25) is 14.2 Å². The standard InChI is InChI=1S/C35H34N6O4S2/c1-22-7-8-23(2)29(18-22)40-32(20-36-34(43)31-6-5-17-46-31)37-38-35(40)47-21-33(42)41-30(25-11-15-27(45-4)16-12-25)19-28(39-41)24-9-13-26(44-3)14-10-24/h5-18,30H,19-21H2,1-4H3,(H,36,43)/t30-/m1/s1. The Hall–Kier alpha value is -4.94. The maximum Gasteiger partial charge on any atom is 0.261 e. The zero-order chi connectivity index (χ0) is 32.9. The summed E-state index contributed by atoms with van der Waals surface area (Å²) in [5, 5.41) is 20.7. The lowest BCUT2D eigenvalue weighted by molar-refractivity contribution is -0.130. The minimum atomic E-state index is -0.286. The highest BCUT2D eigenvalue weighted by Gasteiger charge is 2.33. The second-order valence-corrected chi connectivity index (χ2v) is 12.9. The first-order valence-corrected chi connectivity index (χ1v) is 16.9. The summed E-state index contributed by atoms with van der Waals surface area (Å²) in [6.07, 6.45) is 0.557. The number of hydrogen-bond acceptors (Lipinski definition) is 9. The Morgan fingerprint density at radius 3 is 2.36 bits per heavy atom. The number of carbonyl (C=O) groups is 2. The van der Waals surface area contributed by atoms with E-state index in [-0.39, 0.29) is 30.2 Å². The Labute approximate surface area is 281 Å². The van der Waals surface area contributed by atoms with Crippen molar-refractivity contribution in [2.24, 2.45) is 5.10 Å². The van der Waals surface area contributed by atoms with Gasteiger partial charge in [-0.2, -0.15) is 5.10 Å². The Bertz CT molecular complexity index is 1900. The number of nitrogens with zero attached hydrogens (tertiary/aromatic N) is 5. The van der Waals surface area contributed by atoms with Gasteiger partial charge in [-0.05, 0) is 90.0 Å². The fraction of sp³-hybridized carbons (Fsp3) is 0.229. The highest BCUT2D eigenvalue weighted by atomic mass is 32.2. The number of methoxy groups -OCH3 is 2. The predicted molar refractivity (Wildman–Crippen MR) is 184 cm³/mol. The summed E-state index contributed by atoms with van der Waals surface area (Å²) in [5.74, 6) is 1.80. The van der Waals surface area contributed by atoms with Gasteiger partial charge in [-0.15, -0.1) is 21.5 Å². The lowest BCUT2D eigenvalue weighted by atomic mass is 9.98. The molecule has 3 heterocycles. The van der Waals surface area contributed by atoms with E-state index in [9.17, 15) is 9.59 Å². The van der Waals surface area contributed by atoms with E-state index >= 15 is 0 Å². The summed E-state index contributed by atoms with van der Waals surface area (Å²) in [7, 11) is 3.26. The van der Waals surface area contributed by atoms with Gasteiger partial charge in [-0.1, -0.05) is 42.1 Å². The number of hydrazone groups is 1. The van der Waals surface area contributed by atoms with Crippen molar-refractivity contribution < 1.29 is 19.1 Å². The summed E-state index contributed by atoms with van der Waals surface area (Å²) in [6, 6.07) is 24.9. The molecule has 5 aromatic rings. The number of ether oxygens (including phenoxy) is 2. The minimum Gasteiger partial charge on any atom is -0.497 e. The number of carbonyl (C=O) groups excluding carboxylic acids is 2. The van der Waals surface area contributed by atoms with E-state index in [4.69, 9.17) is 14.6 Å². The van der Waals surface area contributed by atoms with Crippen LogP contribution in [0.15, 0.2) is 94.5 Å². The van der Waals surface area contributed by atoms with E-state index in [1.54, 1.807) is 25.3 Å². The third kappa shape index (κ3) is 7.08. The molecule has 47 heavy (non-hydrogen) atoms. The van der Waals surface area contributed by atoms with Gasteiger partial charge in [-0.25, -0.2) is 5.01 Å². The van der Waals surface area contributed by atoms with Gasteiger partial charge in [0.2, 0.25) is 0 Å². The second kappa shape index (κ2) is 14.2. The fourth-order valence-electron chi connectivity index (χ4n) is 5.34. The van der Waals surface area contributed by atoms with Crippen LogP contribution in [0, 0.1) is 13.8 Å². The molecule has 1 atom stereocenters. The molecule has 0 bridgehead atoms. The molecule has 0 radical (unpaired) electrons. The topological polar surface area (TPSA) is 111 Å². The number of thiophene rings is 1. The highest BCUT2D eigenvalue weighted by molar-refractivity contribution is 7.99. The number of benzene rings is 3. The van der Waals surface area contributed by atoms with Crippen molar-refractivity contribution in [1.82, 2.24) is 25.1 Å². The first-order valence-electron chi connectivity index (χ1n) is 15.0. The van der Waals surface area contributed by atoms with Crippen LogP contribution in [0.5, 0.6) is 11.5 Å². The van der Waals surface area contributed by atoms with Gasteiger partial charge in [0, 0.05) is 6.42 Å². The molecule has 0 saturated heterocycles. The molecular weight excluding hydrogens is 633 g/mol. The normalized spacial score (nSPS) is 14.2. The van der Waals surface area contributed by atoms with Crippen molar-refractivity contribution in [3.05, 3.63) is 117 Å². The van der Waals surface area contributed by atoms with Crippen LogP contribution in [0.3, 0.4) is 0 Å². The van der Waals surface area contributed by atoms with Gasteiger partial charge in [0.1, 0.15) is 11.5 Å². The van der Waals surface area contributed by atoms with Gasteiger partial charge < -0.3 is 14.8 Å². The SMILES string of the molecule is COc1ccc(C2=NN(C(=O)CSc3nnc(CNC(=O)c4cccs4)n3-c3cc(C)ccc3C)[C@@H](c3ccc(OC)cc3)C2)cc1. The largest absolute Gasteiger partial charge is 0.497 e. The number of hydrogen-bond donors (Lipinski definition) is 1. The molecule has 1 N–H and O–H groups in total. The lowest BCUT2D eigenvalue weighted by Gasteiger charge is -2.22. The Kier molecular flexibility index (Phi) is 9.69. The van der Waals surface area contributed by atoms with Crippen molar-refractivity contribution in [2.45, 2.75) is 38.0 Å². The lowest BCUT2D eigenvalue weighted by Crippen LogP contribution is -2.28. The van der Waals surface area contributed by atoms with E-state index in [0.29, 0.717) is 22.3 Å². The van der Waals surface area contributed by atoms with Crippen LogP contribution in [-0.4, -0.2) is 57.3 Å². The van der Waals surface area contributed by atoms with Crippen LogP contribution in [0.1, 0.15) is 50.2 Å². The van der Waals surface area contributed by atoms with E-state index in [1.807, 2.05) is 90.5 Å². The Morgan fingerprint density at radius 2 is 1.68 bits per heavy atom. The zero-order valence-corrected chi connectivity index (χ0v) is 28.1. The smallest absolute Gasteiger partial charge is 0.261 e. The Morgan fingerprint density at radius 1 is 0.957 bits per heavy atom. The van der Waals surface area contributed by atoms with Crippen LogP contribution in [0.2, 0.25) is 0 Å². The molecule has 0 fully saturated rings. The van der Waals surface area contributed by atoms with Crippen molar-refractivity contribution in [1.29, 1.82) is 0 Å². The average Bonchev–Trinajstić information content (AvgIpc) is 3.88. The summed E-state index contributed by atoms with van der Waals surface area (Å²) < 4.78 is 12.6. The summed E-state index contributed by atoms with van der Waals surface area (Å²) in [5.41, 5.74) is 5.67. The number of nitrogens with one attached hydrogen (secondary N) is 1. The van der Waals surface area contributed by atoms with Crippen molar-refractivity contribution in [2.75, 3.05) is 20.0 Å². The monoisotopic (exact) mass is 666 g/mol. The third-order valence-corrected chi connectivity index (χ3v) is 9.65. The van der Waals surface area contributed by atoms with Gasteiger partial charge in [0.25, 0.3) is 11.8 Å². The number of aryl methyl sites for hydroxylation is 2. The van der Waals surface area contributed by atoms with Gasteiger partial charge in [0.05, 0.1) is 48.8 Å². The number of rotatable bonds is 11. The molecular formula is C35H34N6O4S2. The van der Waals surface area contributed by atoms with Crippen molar-refractivity contribution in [3.8, 4) is 17.2 Å². The quantitative estimate of drug-likeness (QED) is 0.163. The molecule has 3 aromatic carbocycles. The molecule has 0 spiro atoms. The van der Waals surface area contributed by atoms with E-state index in [1.165, 1.54) is 23.1 Å².